The summed E-state index contributed by atoms with van der Waals surface area (Å²) in [6, 6.07) is 12.5. The van der Waals surface area contributed by atoms with Gasteiger partial charge in [0.25, 0.3) is 0 Å². The highest BCUT2D eigenvalue weighted by molar-refractivity contribution is 5.37. The minimum atomic E-state index is 0.474. The summed E-state index contributed by atoms with van der Waals surface area (Å²) in [6.07, 6.45) is 7.62. The number of nitrogens with zero attached hydrogens (tertiary/aromatic N) is 4. The summed E-state index contributed by atoms with van der Waals surface area (Å²) in [5.41, 5.74) is 3.43. The highest BCUT2D eigenvalue weighted by Crippen LogP contribution is 2.47. The minimum absolute atomic E-state index is 0.474. The Morgan fingerprint density at radius 1 is 1.04 bits per heavy atom. The molecule has 3 aliphatic rings. The second-order valence-electron chi connectivity index (χ2n) is 7.93. The summed E-state index contributed by atoms with van der Waals surface area (Å²) in [5.74, 6) is 0.895. The van der Waals surface area contributed by atoms with Crippen molar-refractivity contribution in [3.05, 3.63) is 53.9 Å². The molecule has 2 aliphatic heterocycles. The molecule has 5 rings (SSSR count). The van der Waals surface area contributed by atoms with E-state index in [-0.39, 0.29) is 0 Å². The summed E-state index contributed by atoms with van der Waals surface area (Å²) >= 11 is 0. The Labute approximate surface area is 143 Å². The molecule has 0 N–H and O–H groups in total. The molecule has 1 aromatic carbocycles. The molecule has 2 atom stereocenters. The number of likely N-dealkylation sites (tertiary alicyclic amines) is 1. The molecular formula is C20H24N4. The maximum atomic E-state index is 4.42. The standard InChI is InChI=1S/C20H24N4/c1-20(7-8-20)16-5-3-15(4-6-16)12-23-13-18-11-17(23)14-24(18)19-21-9-2-10-22-19/h2-6,9-10,17-18H,7-8,11-14H2,1H3/t17-,18-/m0/s1. The van der Waals surface area contributed by atoms with Crippen LogP contribution < -0.4 is 4.90 Å². The zero-order valence-corrected chi connectivity index (χ0v) is 14.2. The Kier molecular flexibility index (Phi) is 3.17. The summed E-state index contributed by atoms with van der Waals surface area (Å²) in [4.78, 5) is 13.9. The second-order valence-corrected chi connectivity index (χ2v) is 7.93. The van der Waals surface area contributed by atoms with Crippen LogP contribution in [0.15, 0.2) is 42.7 Å². The number of fused-ring (bicyclic) bond motifs is 2. The van der Waals surface area contributed by atoms with Gasteiger partial charge in [0.2, 0.25) is 5.95 Å². The quantitative estimate of drug-likeness (QED) is 0.867. The van der Waals surface area contributed by atoms with Crippen molar-refractivity contribution in [2.45, 2.75) is 50.2 Å². The molecule has 0 unspecified atom stereocenters. The lowest BCUT2D eigenvalue weighted by Crippen LogP contribution is -2.46. The van der Waals surface area contributed by atoms with E-state index in [4.69, 9.17) is 0 Å². The zero-order valence-electron chi connectivity index (χ0n) is 14.2. The van der Waals surface area contributed by atoms with Gasteiger partial charge in [-0.1, -0.05) is 31.2 Å². The molecule has 1 saturated carbocycles. The number of anilines is 1. The van der Waals surface area contributed by atoms with Crippen LogP contribution in [-0.2, 0) is 12.0 Å². The Hall–Kier alpha value is -1.94. The van der Waals surface area contributed by atoms with Crippen molar-refractivity contribution in [1.29, 1.82) is 0 Å². The second kappa shape index (κ2) is 5.28. The van der Waals surface area contributed by atoms with Crippen LogP contribution in [0.2, 0.25) is 0 Å². The Morgan fingerprint density at radius 2 is 1.79 bits per heavy atom. The lowest BCUT2D eigenvalue weighted by molar-refractivity contribution is 0.229. The van der Waals surface area contributed by atoms with E-state index >= 15 is 0 Å². The van der Waals surface area contributed by atoms with E-state index in [9.17, 15) is 0 Å². The first-order valence-electron chi connectivity index (χ1n) is 9.08. The highest BCUT2D eigenvalue weighted by Gasteiger charge is 2.44. The average molecular weight is 320 g/mol. The molecule has 0 amide bonds. The van der Waals surface area contributed by atoms with Crippen molar-refractivity contribution in [3.63, 3.8) is 0 Å². The van der Waals surface area contributed by atoms with Crippen LogP contribution in [0.1, 0.15) is 37.3 Å². The molecule has 2 bridgehead atoms. The van der Waals surface area contributed by atoms with Gasteiger partial charge in [-0.3, -0.25) is 4.90 Å². The molecule has 0 radical (unpaired) electrons. The van der Waals surface area contributed by atoms with Crippen LogP contribution in [0.4, 0.5) is 5.95 Å². The molecule has 2 saturated heterocycles. The predicted molar refractivity (Wildman–Crippen MR) is 95.0 cm³/mol. The van der Waals surface area contributed by atoms with E-state index in [0.29, 0.717) is 17.5 Å². The molecule has 24 heavy (non-hydrogen) atoms. The summed E-state index contributed by atoms with van der Waals surface area (Å²) in [5, 5.41) is 0. The molecule has 3 heterocycles. The topological polar surface area (TPSA) is 32.3 Å². The third-order valence-corrected chi connectivity index (χ3v) is 6.20. The Balaban J connectivity index is 1.25. The van der Waals surface area contributed by atoms with E-state index in [1.54, 1.807) is 0 Å². The molecule has 1 aromatic heterocycles. The first-order chi connectivity index (χ1) is 11.7. The smallest absolute Gasteiger partial charge is 0.225 e. The van der Waals surface area contributed by atoms with Crippen LogP contribution in [0.5, 0.6) is 0 Å². The Morgan fingerprint density at radius 3 is 2.42 bits per heavy atom. The van der Waals surface area contributed by atoms with E-state index in [2.05, 4.69) is 51.0 Å². The number of hydrogen-bond donors (Lipinski definition) is 0. The fourth-order valence-corrected chi connectivity index (χ4v) is 4.35. The zero-order chi connectivity index (χ0) is 16.1. The number of piperazine rings is 1. The monoisotopic (exact) mass is 320 g/mol. The van der Waals surface area contributed by atoms with Gasteiger partial charge < -0.3 is 4.90 Å². The van der Waals surface area contributed by atoms with E-state index < -0.39 is 0 Å². The number of benzene rings is 1. The predicted octanol–water partition coefficient (Wildman–Crippen LogP) is 2.99. The Bertz CT molecular complexity index is 723. The van der Waals surface area contributed by atoms with Crippen molar-refractivity contribution in [2.75, 3.05) is 18.0 Å². The van der Waals surface area contributed by atoms with Crippen LogP contribution in [0, 0.1) is 0 Å². The maximum Gasteiger partial charge on any atom is 0.225 e. The molecule has 1 aliphatic carbocycles. The normalized spacial score (nSPS) is 27.6. The van der Waals surface area contributed by atoms with Gasteiger partial charge in [0.15, 0.2) is 0 Å². The number of aromatic nitrogens is 2. The number of hydrogen-bond acceptors (Lipinski definition) is 4. The fraction of sp³-hybridized carbons (Fsp3) is 0.500. The van der Waals surface area contributed by atoms with Gasteiger partial charge in [0, 0.05) is 44.1 Å². The van der Waals surface area contributed by atoms with Gasteiger partial charge >= 0.3 is 0 Å². The highest BCUT2D eigenvalue weighted by atomic mass is 15.4. The number of rotatable bonds is 4. The summed E-state index contributed by atoms with van der Waals surface area (Å²) in [6.45, 7) is 5.64. The van der Waals surface area contributed by atoms with Crippen LogP contribution in [-0.4, -0.2) is 40.0 Å². The van der Waals surface area contributed by atoms with Crippen molar-refractivity contribution >= 4 is 5.95 Å². The third kappa shape index (κ3) is 2.40. The lowest BCUT2D eigenvalue weighted by atomic mass is 9.97. The van der Waals surface area contributed by atoms with Crippen molar-refractivity contribution in [2.24, 2.45) is 0 Å². The van der Waals surface area contributed by atoms with Gasteiger partial charge in [-0.25, -0.2) is 9.97 Å². The van der Waals surface area contributed by atoms with E-state index in [1.165, 1.54) is 30.4 Å². The van der Waals surface area contributed by atoms with Crippen LogP contribution in [0.25, 0.3) is 0 Å². The molecule has 3 fully saturated rings. The van der Waals surface area contributed by atoms with Gasteiger partial charge in [-0.05, 0) is 41.9 Å². The van der Waals surface area contributed by atoms with Gasteiger partial charge in [0.05, 0.1) is 0 Å². The largest absolute Gasteiger partial charge is 0.335 e. The van der Waals surface area contributed by atoms with Gasteiger partial charge in [0.1, 0.15) is 0 Å². The van der Waals surface area contributed by atoms with Crippen molar-refractivity contribution in [1.82, 2.24) is 14.9 Å². The molecule has 4 heteroatoms. The van der Waals surface area contributed by atoms with Crippen LogP contribution in [0.3, 0.4) is 0 Å². The molecular weight excluding hydrogens is 296 g/mol. The minimum Gasteiger partial charge on any atom is -0.335 e. The van der Waals surface area contributed by atoms with Gasteiger partial charge in [-0.2, -0.15) is 0 Å². The third-order valence-electron chi connectivity index (χ3n) is 6.20. The van der Waals surface area contributed by atoms with Crippen molar-refractivity contribution in [3.8, 4) is 0 Å². The fourth-order valence-electron chi connectivity index (χ4n) is 4.35. The van der Waals surface area contributed by atoms with E-state index in [0.717, 1.165) is 25.6 Å². The average Bonchev–Trinajstić information content (AvgIpc) is 3.07. The van der Waals surface area contributed by atoms with E-state index in [1.807, 2.05) is 18.5 Å². The lowest BCUT2D eigenvalue weighted by Gasteiger charge is -2.34. The molecule has 124 valence electrons. The summed E-state index contributed by atoms with van der Waals surface area (Å²) < 4.78 is 0. The SMILES string of the molecule is CC1(c2ccc(CN3C[C@@H]4C[C@H]3CN4c3ncccn3)cc2)CC1. The van der Waals surface area contributed by atoms with Crippen LogP contribution >= 0.6 is 0 Å². The van der Waals surface area contributed by atoms with Gasteiger partial charge in [-0.15, -0.1) is 0 Å². The maximum absolute atomic E-state index is 4.42. The molecule has 4 nitrogen and oxygen atoms in total. The van der Waals surface area contributed by atoms with Crippen molar-refractivity contribution < 1.29 is 0 Å². The molecule has 2 aromatic rings. The first-order valence-corrected chi connectivity index (χ1v) is 9.08. The molecule has 0 spiro atoms. The summed E-state index contributed by atoms with van der Waals surface area (Å²) in [7, 11) is 0. The first kappa shape index (κ1) is 14.4.